The number of nitrogens with one attached hydrogen (secondary N) is 2. The van der Waals surface area contributed by atoms with Gasteiger partial charge in [0.25, 0.3) is 0 Å². The molecule has 6 aromatic rings. The molecule has 0 saturated carbocycles. The number of nitrogens with two attached hydrogens (primary N) is 1. The molecule has 1 aliphatic heterocycles. The summed E-state index contributed by atoms with van der Waals surface area (Å²) in [4.78, 5) is 22.3. The van der Waals surface area contributed by atoms with Gasteiger partial charge in [0.2, 0.25) is 0 Å². The van der Waals surface area contributed by atoms with Crippen LogP contribution in [0.5, 0.6) is 0 Å². The average molecular weight is 548 g/mol. The van der Waals surface area contributed by atoms with Crippen LogP contribution in [0.1, 0.15) is 11.1 Å². The van der Waals surface area contributed by atoms with Crippen LogP contribution in [0.2, 0.25) is 0 Å². The molecule has 1 fully saturated rings. The molecular formula is C31H30FN9. The number of para-hydroxylation sites is 1. The van der Waals surface area contributed by atoms with Crippen LogP contribution in [0.15, 0.2) is 67.1 Å². The maximum Gasteiger partial charge on any atom is 0.181 e. The van der Waals surface area contributed by atoms with Gasteiger partial charge in [-0.2, -0.15) is 5.10 Å². The minimum Gasteiger partial charge on any atom is -0.337 e. The van der Waals surface area contributed by atoms with Crippen molar-refractivity contribution in [2.24, 2.45) is 5.73 Å². The summed E-state index contributed by atoms with van der Waals surface area (Å²) in [6, 6.07) is 15.0. The van der Waals surface area contributed by atoms with Crippen molar-refractivity contribution in [2.75, 3.05) is 33.2 Å². The largest absolute Gasteiger partial charge is 0.337 e. The Bertz CT molecular complexity index is 1870. The van der Waals surface area contributed by atoms with E-state index in [1.54, 1.807) is 0 Å². The summed E-state index contributed by atoms with van der Waals surface area (Å²) in [6.07, 6.45) is 5.65. The zero-order valence-electron chi connectivity index (χ0n) is 22.7. The monoisotopic (exact) mass is 547 g/mol. The quantitative estimate of drug-likeness (QED) is 0.280. The molecule has 0 radical (unpaired) electrons. The highest BCUT2D eigenvalue weighted by Crippen LogP contribution is 2.33. The fraction of sp³-hybridized carbons (Fsp3) is 0.226. The lowest BCUT2D eigenvalue weighted by molar-refractivity contribution is 0.148. The van der Waals surface area contributed by atoms with E-state index in [9.17, 15) is 4.39 Å². The maximum atomic E-state index is 14.3. The first-order valence-electron chi connectivity index (χ1n) is 13.7. The summed E-state index contributed by atoms with van der Waals surface area (Å²) >= 11 is 0. The maximum absolute atomic E-state index is 14.3. The standard InChI is InChI=1S/C31H30FN9/c1-40-5-7-41(8-6-40)18-20-10-22(16-34-15-20)23-13-26-29(38-39-30(26)35-17-23)31-36-27-4-2-3-25(28(27)37-31)21-9-19(14-33)11-24(32)12-21/h2-4,9-13,15-17H,5-8,14,18,33H2,1H3,(H,36,37)(H,35,38,39). The molecule has 2 aromatic carbocycles. The molecule has 4 aromatic heterocycles. The molecule has 7 rings (SSSR count). The van der Waals surface area contributed by atoms with Crippen LogP contribution in [0, 0.1) is 5.82 Å². The number of hydrogen-bond donors (Lipinski definition) is 3. The molecule has 4 N–H and O–H groups in total. The van der Waals surface area contributed by atoms with Crippen molar-refractivity contribution >= 4 is 22.1 Å². The van der Waals surface area contributed by atoms with Crippen LogP contribution in [0.4, 0.5) is 4.39 Å². The third kappa shape index (κ3) is 4.97. The van der Waals surface area contributed by atoms with Crippen molar-refractivity contribution in [3.05, 3.63) is 84.1 Å². The number of benzene rings is 2. The minimum absolute atomic E-state index is 0.260. The van der Waals surface area contributed by atoms with E-state index in [0.717, 1.165) is 82.7 Å². The summed E-state index contributed by atoms with van der Waals surface area (Å²) in [7, 11) is 2.17. The zero-order valence-corrected chi connectivity index (χ0v) is 22.7. The number of aromatic amines is 2. The summed E-state index contributed by atoms with van der Waals surface area (Å²) in [5.41, 5.74) is 14.1. The smallest absolute Gasteiger partial charge is 0.181 e. The Labute approximate surface area is 236 Å². The first kappa shape index (κ1) is 25.5. The molecule has 0 bridgehead atoms. The van der Waals surface area contributed by atoms with Crippen LogP contribution in [0.3, 0.4) is 0 Å². The normalized spacial score (nSPS) is 14.8. The Morgan fingerprint density at radius 3 is 2.61 bits per heavy atom. The van der Waals surface area contributed by atoms with Gasteiger partial charge in [0.15, 0.2) is 11.5 Å². The minimum atomic E-state index is -0.323. The highest BCUT2D eigenvalue weighted by atomic mass is 19.1. The average Bonchev–Trinajstić information content (AvgIpc) is 3.62. The van der Waals surface area contributed by atoms with Crippen molar-refractivity contribution in [3.63, 3.8) is 0 Å². The van der Waals surface area contributed by atoms with E-state index in [0.29, 0.717) is 11.5 Å². The van der Waals surface area contributed by atoms with E-state index in [-0.39, 0.29) is 12.4 Å². The van der Waals surface area contributed by atoms with Gasteiger partial charge < -0.3 is 15.6 Å². The van der Waals surface area contributed by atoms with Crippen LogP contribution < -0.4 is 5.73 Å². The van der Waals surface area contributed by atoms with Gasteiger partial charge in [-0.3, -0.25) is 15.0 Å². The van der Waals surface area contributed by atoms with Crippen molar-refractivity contribution in [1.29, 1.82) is 0 Å². The van der Waals surface area contributed by atoms with Gasteiger partial charge in [0.1, 0.15) is 11.5 Å². The molecule has 0 amide bonds. The van der Waals surface area contributed by atoms with Gasteiger partial charge in [-0.1, -0.05) is 12.1 Å². The Hall–Kier alpha value is -4.51. The number of H-pyrrole nitrogens is 2. The number of aromatic nitrogens is 6. The second-order valence-electron chi connectivity index (χ2n) is 10.7. The number of fused-ring (bicyclic) bond motifs is 2. The van der Waals surface area contributed by atoms with Gasteiger partial charge in [-0.05, 0) is 60.1 Å². The molecule has 1 saturated heterocycles. The number of nitrogens with zero attached hydrogens (tertiary/aromatic N) is 6. The molecular weight excluding hydrogens is 517 g/mol. The van der Waals surface area contributed by atoms with Crippen molar-refractivity contribution in [3.8, 4) is 33.8 Å². The predicted octanol–water partition coefficient (Wildman–Crippen LogP) is 4.58. The lowest BCUT2D eigenvalue weighted by Gasteiger charge is -2.32. The summed E-state index contributed by atoms with van der Waals surface area (Å²) in [5, 5.41) is 8.40. The molecule has 0 aliphatic carbocycles. The van der Waals surface area contributed by atoms with Crippen LogP contribution in [0.25, 0.3) is 55.8 Å². The number of likely N-dealkylation sites (N-methyl/N-ethyl adjacent to an activating group) is 1. The second kappa shape index (κ2) is 10.5. The van der Waals surface area contributed by atoms with Gasteiger partial charge in [-0.15, -0.1) is 0 Å². The Balaban J connectivity index is 1.24. The lowest BCUT2D eigenvalue weighted by Crippen LogP contribution is -2.43. The van der Waals surface area contributed by atoms with E-state index in [2.05, 4.69) is 54.1 Å². The fourth-order valence-electron chi connectivity index (χ4n) is 5.54. The fourth-order valence-corrected chi connectivity index (χ4v) is 5.54. The van der Waals surface area contributed by atoms with E-state index >= 15 is 0 Å². The van der Waals surface area contributed by atoms with Gasteiger partial charge >= 0.3 is 0 Å². The van der Waals surface area contributed by atoms with E-state index in [4.69, 9.17) is 10.7 Å². The van der Waals surface area contributed by atoms with Gasteiger partial charge in [0, 0.05) is 74.5 Å². The zero-order chi connectivity index (χ0) is 27.9. The lowest BCUT2D eigenvalue weighted by atomic mass is 10.0. The third-order valence-corrected chi connectivity index (χ3v) is 7.79. The second-order valence-corrected chi connectivity index (χ2v) is 10.7. The van der Waals surface area contributed by atoms with Crippen LogP contribution in [-0.2, 0) is 13.1 Å². The Morgan fingerprint density at radius 2 is 1.76 bits per heavy atom. The number of rotatable bonds is 6. The molecule has 5 heterocycles. The highest BCUT2D eigenvalue weighted by Gasteiger charge is 2.18. The highest BCUT2D eigenvalue weighted by molar-refractivity contribution is 5.97. The number of pyridine rings is 2. The predicted molar refractivity (Wildman–Crippen MR) is 158 cm³/mol. The van der Waals surface area contributed by atoms with Crippen molar-refractivity contribution < 1.29 is 4.39 Å². The number of piperazine rings is 1. The van der Waals surface area contributed by atoms with Gasteiger partial charge in [-0.25, -0.2) is 14.4 Å². The number of halogens is 1. The van der Waals surface area contributed by atoms with E-state index in [1.165, 1.54) is 17.7 Å². The first-order valence-corrected chi connectivity index (χ1v) is 13.7. The van der Waals surface area contributed by atoms with E-state index in [1.807, 2.05) is 42.9 Å². The SMILES string of the molecule is CN1CCN(Cc2cncc(-c3cnc4n[nH]c(-c5nc6c(-c7cc(F)cc(CN)c7)cccc6[nH]5)c4c3)c2)CC1. The molecule has 41 heavy (non-hydrogen) atoms. The van der Waals surface area contributed by atoms with Crippen LogP contribution >= 0.6 is 0 Å². The van der Waals surface area contributed by atoms with Crippen LogP contribution in [-0.4, -0.2) is 73.2 Å². The van der Waals surface area contributed by atoms with Crippen molar-refractivity contribution in [2.45, 2.75) is 13.1 Å². The Kier molecular flexibility index (Phi) is 6.50. The summed E-state index contributed by atoms with van der Waals surface area (Å²) in [6.45, 7) is 5.41. The number of imidazole rings is 1. The van der Waals surface area contributed by atoms with Gasteiger partial charge in [0.05, 0.1) is 16.4 Å². The number of hydrogen-bond acceptors (Lipinski definition) is 7. The Morgan fingerprint density at radius 1 is 0.927 bits per heavy atom. The molecule has 0 unspecified atom stereocenters. The molecule has 206 valence electrons. The summed E-state index contributed by atoms with van der Waals surface area (Å²) in [5.74, 6) is 0.308. The molecule has 10 heteroatoms. The molecule has 0 atom stereocenters. The molecule has 0 spiro atoms. The summed E-state index contributed by atoms with van der Waals surface area (Å²) < 4.78 is 14.3. The molecule has 9 nitrogen and oxygen atoms in total. The van der Waals surface area contributed by atoms with E-state index < -0.39 is 0 Å². The third-order valence-electron chi connectivity index (χ3n) is 7.79. The first-order chi connectivity index (χ1) is 20.0. The molecule has 1 aliphatic rings. The van der Waals surface area contributed by atoms with Crippen molar-refractivity contribution in [1.82, 2.24) is 39.9 Å². The topological polar surface area (TPSA) is 116 Å².